The molecule has 0 aromatic rings. The number of nitrogens with zero attached hydrogens (tertiary/aromatic N) is 1. The van der Waals surface area contributed by atoms with Gasteiger partial charge in [0.2, 0.25) is 16.0 Å². The molecule has 0 bridgehead atoms. The molecule has 1 rings (SSSR count). The van der Waals surface area contributed by atoms with Crippen molar-refractivity contribution >= 4 is 10.0 Å². The SMILES string of the molecule is CC(C)(C)C1CCN(S(=O)(=O)CF)CC1. The Morgan fingerprint density at radius 3 is 2.07 bits per heavy atom. The van der Waals surface area contributed by atoms with Gasteiger partial charge in [-0.2, -0.15) is 4.31 Å². The van der Waals surface area contributed by atoms with Crippen molar-refractivity contribution in [2.45, 2.75) is 33.6 Å². The molecule has 1 aliphatic rings. The zero-order valence-electron chi connectivity index (χ0n) is 9.66. The van der Waals surface area contributed by atoms with Gasteiger partial charge in [-0.15, -0.1) is 0 Å². The molecule has 0 amide bonds. The van der Waals surface area contributed by atoms with Crippen LogP contribution < -0.4 is 0 Å². The lowest BCUT2D eigenvalue weighted by Gasteiger charge is -2.37. The largest absolute Gasteiger partial charge is 0.243 e. The van der Waals surface area contributed by atoms with Crippen LogP contribution in [0, 0.1) is 11.3 Å². The van der Waals surface area contributed by atoms with Crippen LogP contribution in [0.4, 0.5) is 4.39 Å². The van der Waals surface area contributed by atoms with E-state index in [9.17, 15) is 12.8 Å². The Bertz CT molecular complexity index is 300. The highest BCUT2D eigenvalue weighted by atomic mass is 32.2. The van der Waals surface area contributed by atoms with Gasteiger partial charge in [-0.1, -0.05) is 20.8 Å². The van der Waals surface area contributed by atoms with Crippen molar-refractivity contribution < 1.29 is 12.8 Å². The van der Waals surface area contributed by atoms with Gasteiger partial charge in [-0.05, 0) is 24.2 Å². The van der Waals surface area contributed by atoms with E-state index < -0.39 is 16.0 Å². The van der Waals surface area contributed by atoms with Crippen molar-refractivity contribution in [2.24, 2.45) is 11.3 Å². The Morgan fingerprint density at radius 1 is 1.27 bits per heavy atom. The summed E-state index contributed by atoms with van der Waals surface area (Å²) in [6, 6.07) is -1.27. The zero-order valence-corrected chi connectivity index (χ0v) is 10.5. The first-order valence-electron chi connectivity index (χ1n) is 5.31. The summed E-state index contributed by atoms with van der Waals surface area (Å²) in [5.74, 6) is 0.531. The summed E-state index contributed by atoms with van der Waals surface area (Å²) in [6.45, 7) is 7.42. The van der Waals surface area contributed by atoms with Crippen LogP contribution in [0.25, 0.3) is 0 Å². The summed E-state index contributed by atoms with van der Waals surface area (Å²) in [5, 5.41) is 0. The van der Waals surface area contributed by atoms with E-state index in [1.165, 1.54) is 4.31 Å². The van der Waals surface area contributed by atoms with Crippen LogP contribution in [-0.4, -0.2) is 31.8 Å². The van der Waals surface area contributed by atoms with Crippen LogP contribution in [0.5, 0.6) is 0 Å². The molecule has 5 heteroatoms. The summed E-state index contributed by atoms with van der Waals surface area (Å²) in [6.07, 6.45) is 1.67. The minimum absolute atomic E-state index is 0.214. The van der Waals surface area contributed by atoms with Crippen molar-refractivity contribution in [3.63, 3.8) is 0 Å². The molecule has 0 spiro atoms. The highest BCUT2D eigenvalue weighted by Gasteiger charge is 2.32. The molecule has 1 saturated heterocycles. The van der Waals surface area contributed by atoms with Crippen molar-refractivity contribution in [1.82, 2.24) is 4.31 Å². The third kappa shape index (κ3) is 3.14. The molecule has 1 fully saturated rings. The number of hydrogen-bond donors (Lipinski definition) is 0. The fraction of sp³-hybridized carbons (Fsp3) is 1.00. The summed E-state index contributed by atoms with van der Waals surface area (Å²) in [7, 11) is -3.62. The first-order chi connectivity index (χ1) is 6.77. The predicted molar refractivity (Wildman–Crippen MR) is 58.6 cm³/mol. The highest BCUT2D eigenvalue weighted by molar-refractivity contribution is 7.88. The Morgan fingerprint density at radius 2 is 1.73 bits per heavy atom. The number of halogens is 1. The van der Waals surface area contributed by atoms with Gasteiger partial charge in [-0.3, -0.25) is 0 Å². The first kappa shape index (κ1) is 12.9. The van der Waals surface area contributed by atoms with Gasteiger partial charge in [0.25, 0.3) is 0 Å². The molecule has 1 heterocycles. The third-order valence-corrected chi connectivity index (χ3v) is 4.64. The monoisotopic (exact) mass is 237 g/mol. The second-order valence-electron chi connectivity index (χ2n) is 5.26. The van der Waals surface area contributed by atoms with Crippen LogP contribution in [0.1, 0.15) is 33.6 Å². The number of alkyl halides is 1. The summed E-state index contributed by atoms with van der Waals surface area (Å²) >= 11 is 0. The quantitative estimate of drug-likeness (QED) is 0.736. The van der Waals surface area contributed by atoms with Crippen LogP contribution in [0.15, 0.2) is 0 Å². The Hall–Kier alpha value is -0.160. The van der Waals surface area contributed by atoms with Crippen molar-refractivity contribution in [3.8, 4) is 0 Å². The van der Waals surface area contributed by atoms with E-state index >= 15 is 0 Å². The smallest absolute Gasteiger partial charge is 0.232 e. The maximum atomic E-state index is 12.3. The molecular weight excluding hydrogens is 217 g/mol. The van der Waals surface area contributed by atoms with Crippen molar-refractivity contribution in [3.05, 3.63) is 0 Å². The lowest BCUT2D eigenvalue weighted by molar-refractivity contribution is 0.153. The first-order valence-corrected chi connectivity index (χ1v) is 6.92. The molecule has 0 unspecified atom stereocenters. The molecule has 15 heavy (non-hydrogen) atoms. The predicted octanol–water partition coefficient (Wildman–Crippen LogP) is 2.00. The van der Waals surface area contributed by atoms with Gasteiger partial charge >= 0.3 is 0 Å². The number of rotatable bonds is 2. The molecule has 1 aliphatic heterocycles. The van der Waals surface area contributed by atoms with E-state index in [1.807, 2.05) is 0 Å². The number of piperidine rings is 1. The molecule has 3 nitrogen and oxygen atoms in total. The topological polar surface area (TPSA) is 37.4 Å². The number of sulfonamides is 1. The van der Waals surface area contributed by atoms with Crippen molar-refractivity contribution in [1.29, 1.82) is 0 Å². The average Bonchev–Trinajstić information content (AvgIpc) is 2.17. The Kier molecular flexibility index (Phi) is 3.76. The van der Waals surface area contributed by atoms with Crippen LogP contribution in [0.2, 0.25) is 0 Å². The standard InChI is InChI=1S/C10H20FNO2S/c1-10(2,3)9-4-6-12(7-5-9)15(13,14)8-11/h9H,4-8H2,1-3H3. The van der Waals surface area contributed by atoms with Gasteiger partial charge in [0, 0.05) is 13.1 Å². The van der Waals surface area contributed by atoms with E-state index in [4.69, 9.17) is 0 Å². The van der Waals surface area contributed by atoms with E-state index in [-0.39, 0.29) is 5.41 Å². The van der Waals surface area contributed by atoms with Crippen molar-refractivity contribution in [2.75, 3.05) is 19.1 Å². The second-order valence-corrected chi connectivity index (χ2v) is 7.16. The molecule has 0 aromatic carbocycles. The maximum Gasteiger partial charge on any atom is 0.243 e. The fourth-order valence-corrected chi connectivity index (χ4v) is 2.97. The van der Waals surface area contributed by atoms with E-state index in [0.717, 1.165) is 12.8 Å². The van der Waals surface area contributed by atoms with Crippen LogP contribution >= 0.6 is 0 Å². The van der Waals surface area contributed by atoms with Gasteiger partial charge in [0.1, 0.15) is 0 Å². The Labute approximate surface area is 91.7 Å². The molecule has 0 atom stereocenters. The molecular formula is C10H20FNO2S. The molecule has 0 radical (unpaired) electrons. The lowest BCUT2D eigenvalue weighted by Crippen LogP contribution is -2.41. The third-order valence-electron chi connectivity index (χ3n) is 3.21. The number of hydrogen-bond acceptors (Lipinski definition) is 2. The van der Waals surface area contributed by atoms with Gasteiger partial charge in [-0.25, -0.2) is 12.8 Å². The molecule has 90 valence electrons. The van der Waals surface area contributed by atoms with Crippen LogP contribution in [-0.2, 0) is 10.0 Å². The lowest BCUT2D eigenvalue weighted by atomic mass is 9.76. The summed E-state index contributed by atoms with van der Waals surface area (Å²) in [4.78, 5) is 0. The molecule has 0 N–H and O–H groups in total. The van der Waals surface area contributed by atoms with E-state index in [2.05, 4.69) is 20.8 Å². The normalized spacial score (nSPS) is 21.9. The zero-order chi connectivity index (χ0) is 11.7. The van der Waals surface area contributed by atoms with E-state index in [0.29, 0.717) is 19.0 Å². The maximum absolute atomic E-state index is 12.3. The average molecular weight is 237 g/mol. The van der Waals surface area contributed by atoms with Gasteiger partial charge < -0.3 is 0 Å². The van der Waals surface area contributed by atoms with Crippen LogP contribution in [0.3, 0.4) is 0 Å². The molecule has 0 aliphatic carbocycles. The minimum Gasteiger partial charge on any atom is -0.232 e. The van der Waals surface area contributed by atoms with E-state index in [1.54, 1.807) is 0 Å². The second kappa shape index (κ2) is 4.37. The molecule has 0 saturated carbocycles. The van der Waals surface area contributed by atoms with Gasteiger partial charge in [0.05, 0.1) is 0 Å². The fourth-order valence-electron chi connectivity index (χ4n) is 2.07. The van der Waals surface area contributed by atoms with Gasteiger partial charge in [0.15, 0.2) is 0 Å². The minimum atomic E-state index is -3.62. The Balaban J connectivity index is 2.57. The highest BCUT2D eigenvalue weighted by Crippen LogP contribution is 2.34. The molecule has 0 aromatic heterocycles. The summed E-state index contributed by atoms with van der Waals surface area (Å²) in [5.41, 5.74) is 0.214. The summed E-state index contributed by atoms with van der Waals surface area (Å²) < 4.78 is 36.1.